The number of nitrogens with zero attached hydrogens (tertiary/aromatic N) is 15. The number of fused-ring (bicyclic) bond motifs is 6. The zero-order valence-corrected chi connectivity index (χ0v) is 41.6. The lowest BCUT2D eigenvalue weighted by atomic mass is 9.98. The van der Waals surface area contributed by atoms with Crippen LogP contribution in [0.25, 0.3) is 117 Å². The highest BCUT2D eigenvalue weighted by Crippen LogP contribution is 2.44. The summed E-state index contributed by atoms with van der Waals surface area (Å²) in [6.45, 7) is 25.2. The highest BCUT2D eigenvalue weighted by Gasteiger charge is 2.25. The van der Waals surface area contributed by atoms with E-state index in [1.165, 1.54) is 0 Å². The van der Waals surface area contributed by atoms with Gasteiger partial charge < -0.3 is 9.13 Å². The second kappa shape index (κ2) is 17.1. The van der Waals surface area contributed by atoms with Gasteiger partial charge in [-0.15, -0.1) is 0 Å². The van der Waals surface area contributed by atoms with Gasteiger partial charge in [0.05, 0.1) is 40.0 Å². The summed E-state index contributed by atoms with van der Waals surface area (Å²) in [5, 5.41) is 4.10. The average molecular weight is 952 g/mol. The van der Waals surface area contributed by atoms with E-state index in [0.29, 0.717) is 75.6 Å². The first-order chi connectivity index (χ1) is 35.2. The van der Waals surface area contributed by atoms with Crippen LogP contribution < -0.4 is 0 Å². The van der Waals surface area contributed by atoms with E-state index in [2.05, 4.69) is 132 Å². The molecule has 0 unspecified atom stereocenters. The molecule has 0 fully saturated rings. The molecular formula is C58H45N15. The van der Waals surface area contributed by atoms with E-state index in [1.807, 2.05) is 73.6 Å². The van der Waals surface area contributed by atoms with Crippen molar-refractivity contribution in [2.24, 2.45) is 0 Å². The molecule has 0 spiro atoms. The van der Waals surface area contributed by atoms with E-state index in [1.54, 1.807) is 0 Å². The lowest BCUT2D eigenvalue weighted by molar-refractivity contribution is 0.928. The van der Waals surface area contributed by atoms with Crippen LogP contribution in [0.1, 0.15) is 52.2 Å². The minimum Gasteiger partial charge on any atom is -0.307 e. The summed E-state index contributed by atoms with van der Waals surface area (Å²) in [6, 6.07) is 37.9. The fourth-order valence-corrected chi connectivity index (χ4v) is 10.2. The summed E-state index contributed by atoms with van der Waals surface area (Å²) in [5.41, 5.74) is 12.3. The number of rotatable bonds is 7. The Morgan fingerprint density at radius 2 is 0.644 bits per heavy atom. The Kier molecular flexibility index (Phi) is 10.5. The van der Waals surface area contributed by atoms with Gasteiger partial charge in [-0.05, 0) is 121 Å². The summed E-state index contributed by atoms with van der Waals surface area (Å²) in [4.78, 5) is 60.4. The van der Waals surface area contributed by atoms with Crippen LogP contribution >= 0.6 is 0 Å². The molecule has 12 rings (SSSR count). The van der Waals surface area contributed by atoms with Gasteiger partial charge in [-0.1, -0.05) is 66.7 Å². The number of aromatic nitrogens is 14. The van der Waals surface area contributed by atoms with E-state index in [-0.39, 0.29) is 0 Å². The van der Waals surface area contributed by atoms with Gasteiger partial charge in [0.15, 0.2) is 29.0 Å². The second-order valence-electron chi connectivity index (χ2n) is 18.4. The Bertz CT molecular complexity index is 4050. The standard InChI is InChI=1S/C58H45N15/c1-29-22-53(72-49-24-39(55-64-30(2)60-31(3)65-55)14-18-44(49)45-19-15-40(25-50(45)72)56-66-32(4)61-33(5)67-56)54(28-48(29)38-12-11-13-43(23-38)59-10)73-51-26-41(57-68-34(6)62-35(7)69-57)16-20-46(51)47-21-17-42(27-52(47)73)58-70-36(8)63-37(9)71-58/h11-28H,1-9H3. The maximum atomic E-state index is 7.98. The molecule has 0 aliphatic carbocycles. The molecule has 0 radical (unpaired) electrons. The Labute approximate surface area is 419 Å². The van der Waals surface area contributed by atoms with Crippen LogP contribution in [0.2, 0.25) is 0 Å². The second-order valence-corrected chi connectivity index (χ2v) is 18.4. The van der Waals surface area contributed by atoms with Gasteiger partial charge in [0, 0.05) is 43.8 Å². The first-order valence-corrected chi connectivity index (χ1v) is 23.8. The van der Waals surface area contributed by atoms with Crippen molar-refractivity contribution in [3.63, 3.8) is 0 Å². The molecular weight excluding hydrogens is 907 g/mol. The van der Waals surface area contributed by atoms with Gasteiger partial charge in [0.1, 0.15) is 46.6 Å². The largest absolute Gasteiger partial charge is 0.307 e. The summed E-state index contributed by atoms with van der Waals surface area (Å²) in [6.07, 6.45) is 0. The summed E-state index contributed by atoms with van der Waals surface area (Å²) < 4.78 is 4.67. The molecule has 73 heavy (non-hydrogen) atoms. The molecule has 0 N–H and O–H groups in total. The van der Waals surface area contributed by atoms with Crippen molar-refractivity contribution in [3.8, 4) is 68.1 Å². The minimum absolute atomic E-state index is 0.551. The molecule has 12 aromatic rings. The van der Waals surface area contributed by atoms with E-state index in [9.17, 15) is 0 Å². The molecule has 15 heteroatoms. The zero-order valence-electron chi connectivity index (χ0n) is 41.6. The number of aryl methyl sites for hydroxylation is 9. The SMILES string of the molecule is [C-]#[N+]c1cccc(-c2cc(-n3c4cc(-c5nc(C)nc(C)n5)ccc4c4ccc(-c5nc(C)nc(C)n5)cc43)c(-n3c4cc(-c5nc(C)nc(C)n5)ccc4c4ccc(-c5nc(C)nc(C)n5)cc43)cc2C)c1. The van der Waals surface area contributed by atoms with E-state index >= 15 is 0 Å². The van der Waals surface area contributed by atoms with Crippen molar-refractivity contribution in [3.05, 3.63) is 173 Å². The van der Waals surface area contributed by atoms with Crippen molar-refractivity contribution in [2.75, 3.05) is 0 Å². The van der Waals surface area contributed by atoms with Crippen LogP contribution in [0.15, 0.2) is 109 Å². The molecule has 15 nitrogen and oxygen atoms in total. The van der Waals surface area contributed by atoms with Crippen LogP contribution in [0.5, 0.6) is 0 Å². The number of hydrogen-bond acceptors (Lipinski definition) is 12. The van der Waals surface area contributed by atoms with Gasteiger partial charge in [-0.3, -0.25) is 0 Å². The maximum absolute atomic E-state index is 7.98. The number of hydrogen-bond donors (Lipinski definition) is 0. The van der Waals surface area contributed by atoms with E-state index < -0.39 is 0 Å². The van der Waals surface area contributed by atoms with Gasteiger partial charge in [0.2, 0.25) is 0 Å². The Hall–Kier alpha value is -9.55. The van der Waals surface area contributed by atoms with Gasteiger partial charge in [0.25, 0.3) is 0 Å². The lowest BCUT2D eigenvalue weighted by Crippen LogP contribution is -2.06. The molecule has 0 atom stereocenters. The fraction of sp³-hybridized carbons (Fsp3) is 0.155. The molecule has 0 bridgehead atoms. The van der Waals surface area contributed by atoms with Crippen molar-refractivity contribution >= 4 is 49.3 Å². The number of benzene rings is 6. The zero-order chi connectivity index (χ0) is 50.4. The molecule has 6 heterocycles. The molecule has 0 aliphatic heterocycles. The van der Waals surface area contributed by atoms with Crippen LogP contribution in [-0.4, -0.2) is 68.9 Å². The van der Waals surface area contributed by atoms with Crippen molar-refractivity contribution in [1.82, 2.24) is 68.9 Å². The van der Waals surface area contributed by atoms with Crippen LogP contribution in [0.3, 0.4) is 0 Å². The normalized spacial score (nSPS) is 11.6. The topological polar surface area (TPSA) is 169 Å². The molecule has 0 saturated carbocycles. The monoisotopic (exact) mass is 951 g/mol. The van der Waals surface area contributed by atoms with Gasteiger partial charge >= 0.3 is 0 Å². The van der Waals surface area contributed by atoms with Crippen LogP contribution in [0, 0.1) is 68.9 Å². The van der Waals surface area contributed by atoms with E-state index in [4.69, 9.17) is 46.4 Å². The lowest BCUT2D eigenvalue weighted by Gasteiger charge is -2.21. The molecule has 0 saturated heterocycles. The molecule has 6 aromatic heterocycles. The predicted octanol–water partition coefficient (Wildman–Crippen LogP) is 12.3. The maximum Gasteiger partial charge on any atom is 0.187 e. The highest BCUT2D eigenvalue weighted by atomic mass is 15.1. The highest BCUT2D eigenvalue weighted by molar-refractivity contribution is 6.13. The fourth-order valence-electron chi connectivity index (χ4n) is 10.2. The van der Waals surface area contributed by atoms with E-state index in [0.717, 1.165) is 93.9 Å². The van der Waals surface area contributed by atoms with Crippen molar-refractivity contribution in [1.29, 1.82) is 0 Å². The average Bonchev–Trinajstić information content (AvgIpc) is 3.86. The Morgan fingerprint density at radius 1 is 0.329 bits per heavy atom. The molecule has 6 aromatic carbocycles. The third-order valence-corrected chi connectivity index (χ3v) is 13.1. The summed E-state index contributed by atoms with van der Waals surface area (Å²) in [7, 11) is 0. The third-order valence-electron chi connectivity index (χ3n) is 13.1. The Morgan fingerprint density at radius 3 is 0.959 bits per heavy atom. The predicted molar refractivity (Wildman–Crippen MR) is 285 cm³/mol. The summed E-state index contributed by atoms with van der Waals surface area (Å²) in [5.74, 6) is 7.44. The third kappa shape index (κ3) is 7.85. The minimum atomic E-state index is 0.551. The first kappa shape index (κ1) is 44.6. The smallest absolute Gasteiger partial charge is 0.187 e. The van der Waals surface area contributed by atoms with Crippen molar-refractivity contribution < 1.29 is 0 Å². The molecule has 0 aliphatic rings. The van der Waals surface area contributed by atoms with Crippen LogP contribution in [0.4, 0.5) is 5.69 Å². The molecule has 0 amide bonds. The van der Waals surface area contributed by atoms with Crippen LogP contribution in [-0.2, 0) is 0 Å². The van der Waals surface area contributed by atoms with Crippen molar-refractivity contribution in [2.45, 2.75) is 62.3 Å². The molecule has 352 valence electrons. The Balaban J connectivity index is 1.25. The van der Waals surface area contributed by atoms with Gasteiger partial charge in [-0.25, -0.2) is 64.7 Å². The summed E-state index contributed by atoms with van der Waals surface area (Å²) >= 11 is 0. The van der Waals surface area contributed by atoms with Gasteiger partial charge in [-0.2, -0.15) is 0 Å². The quantitative estimate of drug-likeness (QED) is 0.139. The first-order valence-electron chi connectivity index (χ1n) is 23.8.